The summed E-state index contributed by atoms with van der Waals surface area (Å²) in [7, 11) is 0. The molecule has 2 bridgehead atoms. The largest absolute Gasteiger partial charge is 0.442 e. The fraction of sp³-hybridized carbons (Fsp3) is 0.389. The number of aromatic nitrogens is 1. The molecule has 4 rings (SSSR count). The maximum atomic E-state index is 11.9. The summed E-state index contributed by atoms with van der Waals surface area (Å²) < 4.78 is 6.78. The Labute approximate surface area is 144 Å². The van der Waals surface area contributed by atoms with Crippen molar-refractivity contribution in [2.24, 2.45) is 0 Å². The van der Waals surface area contributed by atoms with Crippen LogP contribution in [-0.2, 0) is 9.59 Å². The quantitative estimate of drug-likeness (QED) is 0.610. The molecule has 2 aliphatic rings. The number of hydrogen-bond acceptors (Lipinski definition) is 6. The second kappa shape index (κ2) is 5.90. The van der Waals surface area contributed by atoms with Gasteiger partial charge in [0.05, 0.1) is 17.1 Å². The molecule has 3 heterocycles. The van der Waals surface area contributed by atoms with Crippen molar-refractivity contribution in [2.45, 2.75) is 25.7 Å². The summed E-state index contributed by atoms with van der Waals surface area (Å²) >= 11 is 0. The van der Waals surface area contributed by atoms with Gasteiger partial charge in [-0.15, -0.1) is 0 Å². The summed E-state index contributed by atoms with van der Waals surface area (Å²) in [5.41, 5.74) is 1.80. The Balaban J connectivity index is 1.87. The van der Waals surface area contributed by atoms with Gasteiger partial charge in [-0.2, -0.15) is 9.99 Å². The Hall–Kier alpha value is -2.85. The van der Waals surface area contributed by atoms with Gasteiger partial charge in [-0.1, -0.05) is 6.92 Å². The van der Waals surface area contributed by atoms with E-state index < -0.39 is 11.9 Å². The van der Waals surface area contributed by atoms with Crippen LogP contribution in [0.5, 0.6) is 5.75 Å². The molecule has 25 heavy (non-hydrogen) atoms. The van der Waals surface area contributed by atoms with Gasteiger partial charge >= 0.3 is 11.9 Å². The van der Waals surface area contributed by atoms with Gasteiger partial charge in [0.1, 0.15) is 5.69 Å². The zero-order valence-corrected chi connectivity index (χ0v) is 13.8. The van der Waals surface area contributed by atoms with E-state index >= 15 is 0 Å². The van der Waals surface area contributed by atoms with E-state index in [-0.39, 0.29) is 5.92 Å². The summed E-state index contributed by atoms with van der Waals surface area (Å²) in [4.78, 5) is 31.4. The van der Waals surface area contributed by atoms with E-state index in [9.17, 15) is 9.59 Å². The van der Waals surface area contributed by atoms with Crippen LogP contribution in [0.3, 0.4) is 0 Å². The maximum Gasteiger partial charge on any atom is 0.442 e. The van der Waals surface area contributed by atoms with E-state index in [1.54, 1.807) is 18.2 Å². The third-order valence-electron chi connectivity index (χ3n) is 5.00. The Morgan fingerprint density at radius 1 is 1.24 bits per heavy atom. The molecule has 7 nitrogen and oxygen atoms in total. The summed E-state index contributed by atoms with van der Waals surface area (Å²) in [6.45, 7) is 5.00. The molecule has 0 atom stereocenters. The van der Waals surface area contributed by atoms with Crippen LogP contribution in [0.2, 0.25) is 0 Å². The van der Waals surface area contributed by atoms with Gasteiger partial charge in [0.2, 0.25) is 0 Å². The Bertz CT molecular complexity index is 917. The van der Waals surface area contributed by atoms with Crippen molar-refractivity contribution in [3.05, 3.63) is 29.5 Å². The number of hydrogen-bond donors (Lipinski definition) is 0. The number of esters is 1. The molecular weight excluding hydrogens is 322 g/mol. The standard InChI is InChI=1S/C18H17N3O4/c1-2-20-7-5-12(6-8-20)15-16-13-9-11(10-19)3-4-14(13)21(15)25-18(23)17(22)24-16/h3-4,9,12H,2,5-8H2,1H3. The SMILES string of the molecule is CCN1CCC(c2c3c4cc(C#N)ccc4n2OC(=O)C(=O)O3)CC1. The normalized spacial score (nSPS) is 18.6. The van der Waals surface area contributed by atoms with E-state index in [4.69, 9.17) is 14.8 Å². The molecule has 7 heteroatoms. The molecule has 1 aromatic heterocycles. The van der Waals surface area contributed by atoms with E-state index in [0.717, 1.165) is 32.5 Å². The number of fused-ring (bicyclic) bond motifs is 5. The molecule has 0 N–H and O–H groups in total. The van der Waals surface area contributed by atoms with Crippen molar-refractivity contribution < 1.29 is 19.2 Å². The summed E-state index contributed by atoms with van der Waals surface area (Å²) in [5, 5.41) is 9.77. The minimum absolute atomic E-state index is 0.120. The monoisotopic (exact) mass is 339 g/mol. The lowest BCUT2D eigenvalue weighted by Gasteiger charge is -2.31. The lowest BCUT2D eigenvalue weighted by molar-refractivity contribution is -0.161. The zero-order valence-electron chi connectivity index (χ0n) is 13.8. The first-order valence-electron chi connectivity index (χ1n) is 8.37. The lowest BCUT2D eigenvalue weighted by atomic mass is 9.93. The fourth-order valence-corrected chi connectivity index (χ4v) is 3.66. The molecule has 128 valence electrons. The maximum absolute atomic E-state index is 11.9. The number of nitrogens with zero attached hydrogens (tertiary/aromatic N) is 3. The smallest absolute Gasteiger partial charge is 0.415 e. The zero-order chi connectivity index (χ0) is 17.6. The Kier molecular flexibility index (Phi) is 3.70. The third kappa shape index (κ3) is 2.46. The minimum Gasteiger partial charge on any atom is -0.415 e. The van der Waals surface area contributed by atoms with Gasteiger partial charge in [0.25, 0.3) is 0 Å². The van der Waals surface area contributed by atoms with E-state index in [2.05, 4.69) is 17.9 Å². The highest BCUT2D eigenvalue weighted by molar-refractivity contribution is 6.31. The Morgan fingerprint density at radius 2 is 2.00 bits per heavy atom. The van der Waals surface area contributed by atoms with E-state index in [1.165, 1.54) is 4.73 Å². The van der Waals surface area contributed by atoms with Crippen molar-refractivity contribution in [2.75, 3.05) is 19.6 Å². The van der Waals surface area contributed by atoms with Crippen LogP contribution in [0.4, 0.5) is 0 Å². The van der Waals surface area contributed by atoms with Gasteiger partial charge in [-0.3, -0.25) is 0 Å². The van der Waals surface area contributed by atoms with Crippen molar-refractivity contribution in [1.82, 2.24) is 9.63 Å². The third-order valence-corrected chi connectivity index (χ3v) is 5.00. The molecule has 0 amide bonds. The van der Waals surface area contributed by atoms with Crippen LogP contribution < -0.4 is 9.57 Å². The van der Waals surface area contributed by atoms with Crippen LogP contribution in [0.25, 0.3) is 10.9 Å². The summed E-state index contributed by atoms with van der Waals surface area (Å²) in [6, 6.07) is 7.12. The Morgan fingerprint density at radius 3 is 2.68 bits per heavy atom. The van der Waals surface area contributed by atoms with Gasteiger partial charge in [-0.25, -0.2) is 9.59 Å². The number of likely N-dealkylation sites (tertiary alicyclic amines) is 1. The molecule has 2 aromatic rings. The van der Waals surface area contributed by atoms with Crippen molar-refractivity contribution >= 4 is 22.8 Å². The first kappa shape index (κ1) is 15.7. The molecule has 1 fully saturated rings. The molecule has 0 radical (unpaired) electrons. The highest BCUT2D eigenvalue weighted by Crippen LogP contribution is 2.42. The molecule has 1 saturated heterocycles. The topological polar surface area (TPSA) is 84.6 Å². The molecule has 0 spiro atoms. The average molecular weight is 339 g/mol. The van der Waals surface area contributed by atoms with Crippen LogP contribution in [0, 0.1) is 11.3 Å². The van der Waals surface area contributed by atoms with Gasteiger partial charge < -0.3 is 14.5 Å². The first-order chi connectivity index (χ1) is 12.1. The van der Waals surface area contributed by atoms with Crippen molar-refractivity contribution in [1.29, 1.82) is 5.26 Å². The van der Waals surface area contributed by atoms with Crippen LogP contribution >= 0.6 is 0 Å². The number of carbonyl (C=O) groups is 2. The summed E-state index contributed by atoms with van der Waals surface area (Å²) in [5.74, 6) is -1.60. The van der Waals surface area contributed by atoms with Gasteiger partial charge in [-0.05, 0) is 50.7 Å². The summed E-state index contributed by atoms with van der Waals surface area (Å²) in [6.07, 6.45) is 1.77. The van der Waals surface area contributed by atoms with Crippen LogP contribution in [0.15, 0.2) is 18.2 Å². The highest BCUT2D eigenvalue weighted by Gasteiger charge is 2.36. The number of benzene rings is 1. The highest BCUT2D eigenvalue weighted by atomic mass is 16.7. The molecule has 0 unspecified atom stereocenters. The number of nitriles is 1. The predicted molar refractivity (Wildman–Crippen MR) is 88.0 cm³/mol. The number of carbonyl (C=O) groups excluding carboxylic acids is 2. The number of rotatable bonds is 2. The molecule has 0 saturated carbocycles. The first-order valence-corrected chi connectivity index (χ1v) is 8.37. The average Bonchev–Trinajstić information content (AvgIpc) is 2.86. The van der Waals surface area contributed by atoms with Crippen molar-refractivity contribution in [3.63, 3.8) is 0 Å². The second-order valence-electron chi connectivity index (χ2n) is 6.33. The molecule has 1 aromatic carbocycles. The van der Waals surface area contributed by atoms with Gasteiger partial charge in [0.15, 0.2) is 5.75 Å². The molecule has 0 aliphatic carbocycles. The molecule has 2 aliphatic heterocycles. The minimum atomic E-state index is -1.03. The van der Waals surface area contributed by atoms with Crippen LogP contribution in [0.1, 0.15) is 36.9 Å². The number of ether oxygens (including phenoxy) is 1. The van der Waals surface area contributed by atoms with E-state index in [1.807, 2.05) is 0 Å². The van der Waals surface area contributed by atoms with Crippen molar-refractivity contribution in [3.8, 4) is 11.8 Å². The van der Waals surface area contributed by atoms with E-state index in [0.29, 0.717) is 27.9 Å². The predicted octanol–water partition coefficient (Wildman–Crippen LogP) is 1.59. The lowest BCUT2D eigenvalue weighted by Crippen LogP contribution is -2.34. The molecular formula is C18H17N3O4. The fourth-order valence-electron chi connectivity index (χ4n) is 3.66. The van der Waals surface area contributed by atoms with Crippen LogP contribution in [-0.4, -0.2) is 41.2 Å². The van der Waals surface area contributed by atoms with Gasteiger partial charge in [0, 0.05) is 11.3 Å². The second-order valence-corrected chi connectivity index (χ2v) is 6.33. The number of piperidine rings is 1.